The lowest BCUT2D eigenvalue weighted by atomic mass is 9.70. The van der Waals surface area contributed by atoms with Gasteiger partial charge in [0.15, 0.2) is 0 Å². The Morgan fingerprint density at radius 1 is 1.15 bits per heavy atom. The summed E-state index contributed by atoms with van der Waals surface area (Å²) in [6, 6.07) is 6.85. The molecule has 1 unspecified atom stereocenters. The van der Waals surface area contributed by atoms with Crippen molar-refractivity contribution in [1.29, 1.82) is 0 Å². The Bertz CT molecular complexity index is 1440. The van der Waals surface area contributed by atoms with Gasteiger partial charge in [0.1, 0.15) is 17.7 Å². The van der Waals surface area contributed by atoms with Crippen molar-refractivity contribution in [2.45, 2.75) is 87.2 Å². The summed E-state index contributed by atoms with van der Waals surface area (Å²) in [5.74, 6) is -3.44. The van der Waals surface area contributed by atoms with E-state index in [0.29, 0.717) is 51.1 Å². The van der Waals surface area contributed by atoms with Gasteiger partial charge >= 0.3 is 5.97 Å². The van der Waals surface area contributed by atoms with E-state index in [0.717, 1.165) is 13.1 Å². The number of ether oxygens (including phenoxy) is 3. The lowest BCUT2D eigenvalue weighted by molar-refractivity contribution is -0.162. The molecule has 4 saturated heterocycles. The van der Waals surface area contributed by atoms with Crippen molar-refractivity contribution >= 4 is 39.6 Å². The van der Waals surface area contributed by atoms with E-state index in [1.165, 1.54) is 4.90 Å². The number of nitrogens with zero attached hydrogens (tertiary/aromatic N) is 3. The van der Waals surface area contributed by atoms with Gasteiger partial charge in [0.25, 0.3) is 0 Å². The molecule has 5 rings (SSSR count). The summed E-state index contributed by atoms with van der Waals surface area (Å²) in [6.07, 6.45) is 3.29. The van der Waals surface area contributed by atoms with Gasteiger partial charge in [-0.05, 0) is 37.7 Å². The quantitative estimate of drug-likeness (QED) is 0.131. The number of halogens is 1. The van der Waals surface area contributed by atoms with Crippen LogP contribution in [-0.4, -0.2) is 131 Å². The van der Waals surface area contributed by atoms with Crippen LogP contribution in [0.4, 0.5) is 0 Å². The summed E-state index contributed by atoms with van der Waals surface area (Å²) in [7, 11) is 0. The Morgan fingerprint density at radius 3 is 2.50 bits per heavy atom. The van der Waals surface area contributed by atoms with E-state index in [9.17, 15) is 24.3 Å². The summed E-state index contributed by atoms with van der Waals surface area (Å²) in [5.41, 5.74) is -0.640. The average molecular weight is 788 g/mol. The van der Waals surface area contributed by atoms with Crippen molar-refractivity contribution < 1.29 is 38.5 Å². The lowest BCUT2D eigenvalue weighted by Crippen LogP contribution is -2.59. The highest BCUT2D eigenvalue weighted by atomic mass is 79.9. The molecule has 4 aliphatic rings. The standard InChI is InChI=1S/C39H55BrN4O8/c1-6-8-14-30(46)41-26(5)33(27-12-10-9-11-13-27)51-38(49)31-32-36(47)44(28(24-45)22-25(3)4)35(39(32)23-29(40)34(31)52-39)37(48)43(15-7-2)17-16-42-18-20-50-21-19-42/h6-7,9-13,25-26,28-29,31-35,45H,1-2,8,14-24H2,3-5H3,(H,41,46)/t26-,28+,29?,31-,32+,33-,34-,35-,39+/m0/s1. The number of allylic oxidation sites excluding steroid dienone is 1. The maximum absolute atomic E-state index is 14.9. The molecule has 2 N–H and O–H groups in total. The second-order valence-electron chi connectivity index (χ2n) is 14.9. The van der Waals surface area contributed by atoms with Crippen LogP contribution >= 0.6 is 15.9 Å². The van der Waals surface area contributed by atoms with Crippen LogP contribution in [0.25, 0.3) is 0 Å². The summed E-state index contributed by atoms with van der Waals surface area (Å²) in [4.78, 5) is 62.1. The first-order valence-corrected chi connectivity index (χ1v) is 19.5. The van der Waals surface area contributed by atoms with Gasteiger partial charge in [0.05, 0.1) is 49.8 Å². The Morgan fingerprint density at radius 2 is 1.87 bits per heavy atom. The van der Waals surface area contributed by atoms with E-state index >= 15 is 0 Å². The second-order valence-corrected chi connectivity index (χ2v) is 16.0. The van der Waals surface area contributed by atoms with Crippen LogP contribution in [0.15, 0.2) is 55.6 Å². The molecule has 0 aromatic heterocycles. The highest BCUT2D eigenvalue weighted by molar-refractivity contribution is 9.09. The highest BCUT2D eigenvalue weighted by Gasteiger charge is 2.77. The second kappa shape index (κ2) is 17.8. The average Bonchev–Trinajstić information content (AvgIpc) is 3.73. The summed E-state index contributed by atoms with van der Waals surface area (Å²) in [6.45, 7) is 17.1. The number of likely N-dealkylation sites (tertiary alicyclic amines) is 1. The molecule has 1 aromatic rings. The third kappa shape index (κ3) is 8.33. The minimum atomic E-state index is -1.33. The molecule has 1 aromatic carbocycles. The number of esters is 1. The summed E-state index contributed by atoms with van der Waals surface area (Å²) >= 11 is 3.76. The Hall–Kier alpha value is -3.10. The van der Waals surface area contributed by atoms with Gasteiger partial charge in [0.2, 0.25) is 17.7 Å². The summed E-state index contributed by atoms with van der Waals surface area (Å²) < 4.78 is 18.6. The molecule has 4 heterocycles. The predicted molar refractivity (Wildman–Crippen MR) is 199 cm³/mol. The number of hydrogen-bond donors (Lipinski definition) is 2. The van der Waals surface area contributed by atoms with E-state index in [1.54, 1.807) is 24.0 Å². The van der Waals surface area contributed by atoms with Crippen LogP contribution in [0.1, 0.15) is 58.1 Å². The number of carbonyl (C=O) groups excluding carboxylic acids is 4. The Balaban J connectivity index is 1.48. The zero-order chi connectivity index (χ0) is 37.6. The first-order chi connectivity index (χ1) is 25.0. The smallest absolute Gasteiger partial charge is 0.313 e. The van der Waals surface area contributed by atoms with Gasteiger partial charge in [-0.15, -0.1) is 13.2 Å². The van der Waals surface area contributed by atoms with Crippen molar-refractivity contribution in [3.63, 3.8) is 0 Å². The lowest BCUT2D eigenvalue weighted by Gasteiger charge is -2.40. The maximum atomic E-state index is 14.9. The zero-order valence-corrected chi connectivity index (χ0v) is 32.2. The summed E-state index contributed by atoms with van der Waals surface area (Å²) in [5, 5.41) is 13.7. The molecular weight excluding hydrogens is 732 g/mol. The van der Waals surface area contributed by atoms with E-state index in [2.05, 4.69) is 39.3 Å². The number of alkyl halides is 1. The number of benzene rings is 1. The molecule has 52 heavy (non-hydrogen) atoms. The van der Waals surface area contributed by atoms with Crippen LogP contribution in [0.5, 0.6) is 0 Å². The highest BCUT2D eigenvalue weighted by Crippen LogP contribution is 2.61. The molecule has 0 saturated carbocycles. The van der Waals surface area contributed by atoms with Crippen LogP contribution in [-0.2, 0) is 33.4 Å². The Kier molecular flexibility index (Phi) is 13.7. The molecular formula is C39H55BrN4O8. The topological polar surface area (TPSA) is 138 Å². The van der Waals surface area contributed by atoms with Gasteiger partial charge in [-0.25, -0.2) is 0 Å². The van der Waals surface area contributed by atoms with Crippen LogP contribution in [0, 0.1) is 17.8 Å². The molecule has 3 amide bonds. The molecule has 9 atom stereocenters. The molecule has 286 valence electrons. The van der Waals surface area contributed by atoms with Crippen molar-refractivity contribution in [3.8, 4) is 0 Å². The van der Waals surface area contributed by atoms with E-state index in [4.69, 9.17) is 14.2 Å². The normalized spacial score (nSPS) is 28.6. The fraction of sp³-hybridized carbons (Fsp3) is 0.641. The zero-order valence-electron chi connectivity index (χ0n) is 30.7. The molecule has 4 aliphatic heterocycles. The molecule has 0 radical (unpaired) electrons. The number of aliphatic hydroxyl groups is 1. The fourth-order valence-electron chi connectivity index (χ4n) is 8.48. The number of fused-ring (bicyclic) bond motifs is 1. The minimum absolute atomic E-state index is 0.112. The van der Waals surface area contributed by atoms with Crippen LogP contribution in [0.2, 0.25) is 0 Å². The number of aliphatic hydroxyl groups excluding tert-OH is 1. The van der Waals surface area contributed by atoms with E-state index < -0.39 is 59.6 Å². The monoisotopic (exact) mass is 786 g/mol. The molecule has 0 aliphatic carbocycles. The third-order valence-electron chi connectivity index (χ3n) is 10.8. The number of rotatable bonds is 18. The van der Waals surface area contributed by atoms with Crippen molar-refractivity contribution in [1.82, 2.24) is 20.0 Å². The number of amides is 3. The largest absolute Gasteiger partial charge is 0.455 e. The van der Waals surface area contributed by atoms with Crippen molar-refractivity contribution in [3.05, 3.63) is 61.2 Å². The van der Waals surface area contributed by atoms with Gasteiger partial charge < -0.3 is 34.4 Å². The van der Waals surface area contributed by atoms with Crippen molar-refractivity contribution in [2.24, 2.45) is 17.8 Å². The van der Waals surface area contributed by atoms with Gasteiger partial charge in [-0.1, -0.05) is 72.3 Å². The number of morpholine rings is 1. The van der Waals surface area contributed by atoms with E-state index in [-0.39, 0.29) is 42.1 Å². The van der Waals surface area contributed by atoms with Crippen molar-refractivity contribution in [2.75, 3.05) is 52.5 Å². The number of carbonyl (C=O) groups is 4. The van der Waals surface area contributed by atoms with Gasteiger partial charge in [0, 0.05) is 44.0 Å². The molecule has 4 fully saturated rings. The minimum Gasteiger partial charge on any atom is -0.455 e. The van der Waals surface area contributed by atoms with Crippen LogP contribution in [0.3, 0.4) is 0 Å². The number of nitrogens with one attached hydrogen (secondary N) is 1. The first kappa shape index (κ1) is 40.1. The molecule has 12 nitrogen and oxygen atoms in total. The number of hydrogen-bond acceptors (Lipinski definition) is 9. The fourth-order valence-corrected chi connectivity index (χ4v) is 9.42. The van der Waals surface area contributed by atoms with E-state index in [1.807, 2.05) is 44.2 Å². The van der Waals surface area contributed by atoms with Crippen LogP contribution < -0.4 is 5.32 Å². The molecule has 1 spiro atoms. The molecule has 13 heteroatoms. The molecule has 2 bridgehead atoms. The van der Waals surface area contributed by atoms with Gasteiger partial charge in [-0.3, -0.25) is 24.1 Å². The van der Waals surface area contributed by atoms with Gasteiger partial charge in [-0.2, -0.15) is 0 Å². The SMILES string of the molecule is C=CCCC(=O)N[C@@H](C)[C@H](OC(=O)[C@@H]1[C@H]2O[C@@]3(CC2Br)[C@H](C(=O)N(CC=C)CCN2CCOCC2)N([C@@H](CO)CC(C)C)C(=O)[C@@H]13)c1ccccc1. The Labute approximate surface area is 316 Å². The first-order valence-electron chi connectivity index (χ1n) is 18.6. The predicted octanol–water partition coefficient (Wildman–Crippen LogP) is 3.24. The maximum Gasteiger partial charge on any atom is 0.313 e. The third-order valence-corrected chi connectivity index (χ3v) is 11.7.